The second-order valence-electron chi connectivity index (χ2n) is 10.3. The number of carbonyl (C=O) groups is 3. The molecule has 0 aromatic heterocycles. The van der Waals surface area contributed by atoms with Crippen molar-refractivity contribution < 1.29 is 24.6 Å². The molecule has 0 radical (unpaired) electrons. The molecule has 2 fully saturated rings. The van der Waals surface area contributed by atoms with Gasteiger partial charge in [-0.2, -0.15) is 0 Å². The predicted octanol–water partition coefficient (Wildman–Crippen LogP) is 3.49. The van der Waals surface area contributed by atoms with Gasteiger partial charge in [0.1, 0.15) is 0 Å². The molecule has 5 rings (SSSR count). The van der Waals surface area contributed by atoms with E-state index >= 15 is 0 Å². The minimum absolute atomic E-state index is 0.0428. The zero-order valence-electron chi connectivity index (χ0n) is 21.3. The molecule has 200 valence electrons. The van der Waals surface area contributed by atoms with Crippen LogP contribution in [0.3, 0.4) is 0 Å². The minimum Gasteiger partial charge on any atom is -0.394 e. The summed E-state index contributed by atoms with van der Waals surface area (Å²) in [6.07, 6.45) is 5.80. The molecule has 0 aliphatic carbocycles. The summed E-state index contributed by atoms with van der Waals surface area (Å²) in [5.41, 5.74) is 0.996. The number of halogens is 1. The van der Waals surface area contributed by atoms with Gasteiger partial charge in [-0.3, -0.25) is 14.4 Å². The lowest BCUT2D eigenvalue weighted by atomic mass is 9.83. The van der Waals surface area contributed by atoms with Gasteiger partial charge in [0.05, 0.1) is 24.9 Å². The maximum absolute atomic E-state index is 13.8. The van der Waals surface area contributed by atoms with Crippen LogP contribution in [0.4, 0.5) is 11.4 Å². The summed E-state index contributed by atoms with van der Waals surface area (Å²) in [7, 11) is 0. The summed E-state index contributed by atoms with van der Waals surface area (Å²) >= 11 is 3.47. The number of benzene rings is 2. The largest absolute Gasteiger partial charge is 0.394 e. The fourth-order valence-electron chi connectivity index (χ4n) is 5.65. The van der Waals surface area contributed by atoms with Crippen LogP contribution < -0.4 is 9.80 Å². The molecule has 0 bridgehead atoms. The van der Waals surface area contributed by atoms with Gasteiger partial charge >= 0.3 is 0 Å². The Morgan fingerprint density at radius 2 is 2.03 bits per heavy atom. The van der Waals surface area contributed by atoms with Gasteiger partial charge in [0.2, 0.25) is 11.8 Å². The van der Waals surface area contributed by atoms with Crippen LogP contribution in [0.5, 0.6) is 0 Å². The lowest BCUT2D eigenvalue weighted by Crippen LogP contribution is -2.44. The van der Waals surface area contributed by atoms with Crippen LogP contribution in [-0.4, -0.2) is 58.6 Å². The predicted molar refractivity (Wildman–Crippen MR) is 147 cm³/mol. The summed E-state index contributed by atoms with van der Waals surface area (Å²) in [6, 6.07) is 12.9. The molecular formula is C29H32BrN3O5. The third-order valence-corrected chi connectivity index (χ3v) is 8.42. The lowest BCUT2D eigenvalue weighted by molar-refractivity contribution is -0.139. The number of rotatable bonds is 8. The average Bonchev–Trinajstić information content (AvgIpc) is 3.46. The first-order chi connectivity index (χ1) is 18.2. The Kier molecular flexibility index (Phi) is 7.44. The Morgan fingerprint density at radius 3 is 2.74 bits per heavy atom. The van der Waals surface area contributed by atoms with E-state index in [1.54, 1.807) is 39.8 Å². The molecule has 0 spiro atoms. The van der Waals surface area contributed by atoms with Gasteiger partial charge in [0.25, 0.3) is 5.91 Å². The van der Waals surface area contributed by atoms with E-state index in [9.17, 15) is 24.6 Å². The molecule has 3 atom stereocenters. The van der Waals surface area contributed by atoms with Crippen LogP contribution in [0.25, 0.3) is 0 Å². The standard InChI is InChI=1S/C29H32BrN3O5/c1-19(5-2-9-26(35)31-13-4-8-23(31)18-34)29(38)24-16-21(30)10-11-25(24)33(28(29)37)17-20-6-3-7-22(15-20)32-14-12-27(32)36/h2-3,5-7,10-11,15-16,19,23,34,38H,4,8-9,12-14,17-18H2,1H3/b5-2+/t19-,23+,29+/m1/s1. The Bertz CT molecular complexity index is 1300. The number of aliphatic hydroxyl groups is 2. The number of nitrogens with zero attached hydrogens (tertiary/aromatic N) is 3. The van der Waals surface area contributed by atoms with Crippen LogP contribution in [0.15, 0.2) is 59.1 Å². The smallest absolute Gasteiger partial charge is 0.264 e. The van der Waals surface area contributed by atoms with E-state index in [0.717, 1.165) is 28.6 Å². The number of fused-ring (bicyclic) bond motifs is 1. The Morgan fingerprint density at radius 1 is 1.21 bits per heavy atom. The van der Waals surface area contributed by atoms with Gasteiger partial charge in [0, 0.05) is 47.6 Å². The van der Waals surface area contributed by atoms with Crippen molar-refractivity contribution in [1.29, 1.82) is 0 Å². The van der Waals surface area contributed by atoms with Gasteiger partial charge in [-0.25, -0.2) is 0 Å². The summed E-state index contributed by atoms with van der Waals surface area (Å²) in [4.78, 5) is 43.4. The first kappa shape index (κ1) is 26.6. The van der Waals surface area contributed by atoms with Gasteiger partial charge in [-0.15, -0.1) is 0 Å². The van der Waals surface area contributed by atoms with Crippen molar-refractivity contribution >= 4 is 45.0 Å². The van der Waals surface area contributed by atoms with E-state index in [4.69, 9.17) is 0 Å². The van der Waals surface area contributed by atoms with Crippen LogP contribution in [0, 0.1) is 5.92 Å². The van der Waals surface area contributed by atoms with Crippen LogP contribution in [-0.2, 0) is 26.5 Å². The summed E-state index contributed by atoms with van der Waals surface area (Å²) in [6.45, 7) is 3.30. The Labute approximate surface area is 230 Å². The third-order valence-electron chi connectivity index (χ3n) is 7.93. The monoisotopic (exact) mass is 581 g/mol. The first-order valence-electron chi connectivity index (χ1n) is 13.0. The molecule has 8 nitrogen and oxygen atoms in total. The molecule has 0 saturated carbocycles. The molecule has 3 heterocycles. The topological polar surface area (TPSA) is 101 Å². The van der Waals surface area contributed by atoms with Crippen molar-refractivity contribution in [2.75, 3.05) is 29.5 Å². The molecule has 2 N–H and O–H groups in total. The number of β-lactam (4-membered cyclic amide) rings is 1. The number of amides is 3. The van der Waals surface area contributed by atoms with Gasteiger partial charge < -0.3 is 24.9 Å². The lowest BCUT2D eigenvalue weighted by Gasteiger charge is -2.31. The highest BCUT2D eigenvalue weighted by atomic mass is 79.9. The Balaban J connectivity index is 1.36. The second kappa shape index (κ2) is 10.6. The van der Waals surface area contributed by atoms with Crippen molar-refractivity contribution in [2.24, 2.45) is 5.92 Å². The molecule has 2 aromatic carbocycles. The molecule has 38 heavy (non-hydrogen) atoms. The average molecular weight is 582 g/mol. The number of hydrogen-bond donors (Lipinski definition) is 2. The van der Waals surface area contributed by atoms with Crippen molar-refractivity contribution in [1.82, 2.24) is 4.90 Å². The van der Waals surface area contributed by atoms with E-state index in [0.29, 0.717) is 30.8 Å². The highest BCUT2D eigenvalue weighted by molar-refractivity contribution is 9.10. The van der Waals surface area contributed by atoms with Gasteiger partial charge in [-0.1, -0.05) is 47.1 Å². The summed E-state index contributed by atoms with van der Waals surface area (Å²) < 4.78 is 0.748. The highest BCUT2D eigenvalue weighted by Gasteiger charge is 2.52. The molecule has 3 aliphatic heterocycles. The van der Waals surface area contributed by atoms with Crippen LogP contribution in [0.1, 0.15) is 43.7 Å². The normalized spacial score (nSPS) is 23.8. The van der Waals surface area contributed by atoms with Crippen LogP contribution >= 0.6 is 15.9 Å². The zero-order chi connectivity index (χ0) is 27.0. The fourth-order valence-corrected chi connectivity index (χ4v) is 6.01. The SMILES string of the molecule is C[C@H](/C=C/CC(=O)N1CCC[C@H]1CO)[C@@]1(O)C(=O)N(Cc2cccc(N3CCC3=O)c2)c2ccc(Br)cc21. The van der Waals surface area contributed by atoms with E-state index in [1.807, 2.05) is 36.4 Å². The second-order valence-corrected chi connectivity index (χ2v) is 11.2. The van der Waals surface area contributed by atoms with Crippen molar-refractivity contribution in [3.63, 3.8) is 0 Å². The van der Waals surface area contributed by atoms with Crippen molar-refractivity contribution in [2.45, 2.75) is 50.8 Å². The summed E-state index contributed by atoms with van der Waals surface area (Å²) in [5, 5.41) is 21.4. The Hall–Kier alpha value is -3.01. The molecular weight excluding hydrogens is 550 g/mol. The maximum Gasteiger partial charge on any atom is 0.264 e. The van der Waals surface area contributed by atoms with E-state index < -0.39 is 17.4 Å². The quantitative estimate of drug-likeness (QED) is 0.367. The molecule has 9 heteroatoms. The third kappa shape index (κ3) is 4.67. The maximum atomic E-state index is 13.8. The number of hydrogen-bond acceptors (Lipinski definition) is 5. The first-order valence-corrected chi connectivity index (χ1v) is 13.8. The molecule has 0 unspecified atom stereocenters. The zero-order valence-corrected chi connectivity index (χ0v) is 22.9. The molecule has 3 aliphatic rings. The molecule has 3 amide bonds. The van der Waals surface area contributed by atoms with E-state index in [1.165, 1.54) is 0 Å². The molecule has 2 aromatic rings. The number of anilines is 2. The number of likely N-dealkylation sites (tertiary alicyclic amines) is 1. The fraction of sp³-hybridized carbons (Fsp3) is 0.414. The van der Waals surface area contributed by atoms with E-state index in [-0.39, 0.29) is 37.4 Å². The number of aliphatic hydroxyl groups excluding tert-OH is 1. The van der Waals surface area contributed by atoms with Gasteiger partial charge in [-0.05, 0) is 48.7 Å². The minimum atomic E-state index is -1.80. The highest BCUT2D eigenvalue weighted by Crippen LogP contribution is 2.47. The van der Waals surface area contributed by atoms with Crippen molar-refractivity contribution in [3.8, 4) is 0 Å². The van der Waals surface area contributed by atoms with Crippen LogP contribution in [0.2, 0.25) is 0 Å². The number of carbonyl (C=O) groups excluding carboxylic acids is 3. The van der Waals surface area contributed by atoms with E-state index in [2.05, 4.69) is 15.9 Å². The van der Waals surface area contributed by atoms with Crippen molar-refractivity contribution in [3.05, 3.63) is 70.2 Å². The molecule has 2 saturated heterocycles. The summed E-state index contributed by atoms with van der Waals surface area (Å²) in [5.74, 6) is -1.02. The van der Waals surface area contributed by atoms with Gasteiger partial charge in [0.15, 0.2) is 5.60 Å².